The van der Waals surface area contributed by atoms with Crippen molar-refractivity contribution in [3.8, 4) is 0 Å². The Hall–Kier alpha value is -9.88. The lowest BCUT2D eigenvalue weighted by atomic mass is 10.1. The normalized spacial score (nSPS) is 15.7. The molecule has 2 fully saturated rings. The molecule has 0 aliphatic carbocycles. The van der Waals surface area contributed by atoms with E-state index in [1.54, 1.807) is 51.5 Å². The fraction of sp³-hybridized carbons (Fsp3) is 0.651. The van der Waals surface area contributed by atoms with Crippen LogP contribution in [-0.4, -0.2) is 406 Å². The molecule has 1 aromatic heterocycles. The number of hydrogen-bond donors (Lipinski definition) is 14. The van der Waals surface area contributed by atoms with E-state index in [9.17, 15) is 137 Å². The summed E-state index contributed by atoms with van der Waals surface area (Å²) < 4.78 is 1.64. The summed E-state index contributed by atoms with van der Waals surface area (Å²) in [6.07, 6.45) is 6.65. The number of urea groups is 2. The van der Waals surface area contributed by atoms with Crippen molar-refractivity contribution in [3.63, 3.8) is 0 Å². The Morgan fingerprint density at radius 1 is 0.336 bits per heavy atom. The number of carboxylic acid groups (broad SMARTS) is 10. The molecule has 3 heterocycles. The molecule has 4 rings (SSSR count). The van der Waals surface area contributed by atoms with Crippen molar-refractivity contribution in [2.24, 2.45) is 0 Å². The standard InChI is InChI=1S/C42H64IN7O14.C41H63BrN8O14/c1-30(51)10-15-35(41(62)63)45-42(64)44-34(40(60)61)8-5-6-16-50(25-31-11-13-32(43)14-12-31)36(53)9-4-2-3-7-33(52)26-46-17-19-47(27-37(54)55)21-23-49(29-39(58)59)24-22-48(20-18-46)28-38(56)57;1-29(51)10-12-33(40(62)63)45-41(64)44-32(39(60)61)8-5-6-14-50(24-30-11-13-34(42)43-23-30)35(53)9-4-2-3-7-31(52)25-46-15-17-47(26-36(54)55)19-21-49(28-38(58)59)22-20-48(18-16-46)27-37(56)57/h11-14,34-35H,2-10,15-29H2,1H3,(H,54,55)(H,56,57)(H,58,59)(H,60,61)(H,62,63)(H2,44,45,64);11,13,23,32-33H,2-10,12,14-22,24-28H2,1H3,(H,54,55)(H,56,57)(H,58,59)(H,60,61)(H,62,63)(H2,44,45,64)/t34-,35-;32-,33-/m00/s1. The van der Waals surface area contributed by atoms with Crippen molar-refractivity contribution >= 4 is 145 Å². The maximum absolute atomic E-state index is 13.5. The maximum atomic E-state index is 13.5. The van der Waals surface area contributed by atoms with E-state index in [0.717, 1.165) is 14.7 Å². The summed E-state index contributed by atoms with van der Waals surface area (Å²) in [5, 5.41) is 104. The van der Waals surface area contributed by atoms with Crippen LogP contribution in [0.15, 0.2) is 47.2 Å². The van der Waals surface area contributed by atoms with Gasteiger partial charge in [-0.3, -0.25) is 87.1 Å². The predicted molar refractivity (Wildman–Crippen MR) is 472 cm³/mol. The number of nitrogens with zero attached hydrogens (tertiary/aromatic N) is 11. The Bertz CT molecular complexity index is 3620. The molecule has 716 valence electrons. The number of rotatable bonds is 56. The number of carbonyl (C=O) groups excluding carboxylic acids is 8. The molecule has 45 heteroatoms. The number of pyridine rings is 1. The number of hydrogen-bond acceptors (Lipinski definition) is 27. The monoisotopic (exact) mass is 1990 g/mol. The number of carboxylic acids is 10. The Labute approximate surface area is 765 Å². The van der Waals surface area contributed by atoms with Crippen molar-refractivity contribution in [2.75, 3.05) is 170 Å². The van der Waals surface area contributed by atoms with Gasteiger partial charge in [0.05, 0.1) is 52.4 Å². The molecule has 128 heavy (non-hydrogen) atoms. The van der Waals surface area contributed by atoms with Gasteiger partial charge >= 0.3 is 71.8 Å². The molecule has 0 spiro atoms. The fourth-order valence-electron chi connectivity index (χ4n) is 14.0. The summed E-state index contributed by atoms with van der Waals surface area (Å²) in [7, 11) is 0. The number of Topliss-reactive ketones (excluding diaryl/α,β-unsaturated/α-hetero) is 4. The summed E-state index contributed by atoms with van der Waals surface area (Å²) in [6, 6.07) is 3.83. The van der Waals surface area contributed by atoms with Crippen LogP contribution < -0.4 is 21.3 Å². The molecule has 4 atom stereocenters. The zero-order valence-corrected chi connectivity index (χ0v) is 76.5. The average molecular weight is 1990 g/mol. The van der Waals surface area contributed by atoms with Gasteiger partial charge < -0.3 is 91.7 Å². The lowest BCUT2D eigenvalue weighted by molar-refractivity contribution is -0.141. The zero-order valence-electron chi connectivity index (χ0n) is 72.8. The third kappa shape index (κ3) is 53.2. The van der Waals surface area contributed by atoms with E-state index >= 15 is 0 Å². The van der Waals surface area contributed by atoms with Crippen LogP contribution in [0.1, 0.15) is 153 Å². The van der Waals surface area contributed by atoms with Gasteiger partial charge in [-0.15, -0.1) is 0 Å². The highest BCUT2D eigenvalue weighted by Crippen LogP contribution is 2.19. The first-order chi connectivity index (χ1) is 60.6. The van der Waals surface area contributed by atoms with E-state index in [1.165, 1.54) is 13.8 Å². The number of ketones is 4. The highest BCUT2D eigenvalue weighted by Gasteiger charge is 2.30. The molecular formula is C83H127BrIN15O28. The third-order valence-corrected chi connectivity index (χ3v) is 22.2. The minimum Gasteiger partial charge on any atom is -0.480 e. The van der Waals surface area contributed by atoms with Crippen LogP contribution in [0.5, 0.6) is 0 Å². The van der Waals surface area contributed by atoms with E-state index in [1.807, 2.05) is 40.1 Å². The third-order valence-electron chi connectivity index (χ3n) is 21.0. The lowest BCUT2D eigenvalue weighted by Crippen LogP contribution is -2.51. The first kappa shape index (κ1) is 112. The summed E-state index contributed by atoms with van der Waals surface area (Å²) in [5.74, 6) is -12.5. The second kappa shape index (κ2) is 63.2. The van der Waals surface area contributed by atoms with Gasteiger partial charge in [0.25, 0.3) is 0 Å². The molecule has 2 aromatic rings. The SMILES string of the molecule is CC(=O)CC[C@H](NC(=O)N[C@@H](CCCCN(Cc1ccc(Br)nc1)C(=O)CCCCCC(=O)CN1CCN(CC(=O)O)CCN(CC(=O)O)CCN(CC(=O)O)CC1)C(=O)O)C(=O)O.CC(=O)CC[C@H](NC(=O)N[C@@H](CCCCN(Cc1ccc(I)cc1)C(=O)CCCCCC(=O)CN1CCN(CC(=O)O)CCN(CC(=O)O)CCN(CC(=O)O)CC1)C(=O)O)C(=O)O. The predicted octanol–water partition coefficient (Wildman–Crippen LogP) is 2.27. The smallest absolute Gasteiger partial charge is 0.326 e. The summed E-state index contributed by atoms with van der Waals surface area (Å²) in [5.41, 5.74) is 1.67. The van der Waals surface area contributed by atoms with Gasteiger partial charge in [0.1, 0.15) is 51.9 Å². The highest BCUT2D eigenvalue weighted by molar-refractivity contribution is 14.1. The Morgan fingerprint density at radius 3 is 0.852 bits per heavy atom. The number of aliphatic carboxylic acids is 10. The first-order valence-corrected chi connectivity index (χ1v) is 44.6. The molecule has 6 amide bonds. The van der Waals surface area contributed by atoms with Gasteiger partial charge in [-0.2, -0.15) is 0 Å². The quantitative estimate of drug-likeness (QED) is 0.0257. The van der Waals surface area contributed by atoms with Gasteiger partial charge in [-0.1, -0.05) is 31.0 Å². The van der Waals surface area contributed by atoms with Crippen LogP contribution in [0, 0.1) is 3.57 Å². The first-order valence-electron chi connectivity index (χ1n) is 42.7. The van der Waals surface area contributed by atoms with Crippen LogP contribution in [0.25, 0.3) is 0 Å². The average Bonchev–Trinajstić information content (AvgIpc) is 0.894. The molecule has 0 unspecified atom stereocenters. The van der Waals surface area contributed by atoms with Crippen LogP contribution in [0.4, 0.5) is 9.59 Å². The van der Waals surface area contributed by atoms with Gasteiger partial charge in [0.15, 0.2) is 0 Å². The fourth-order valence-corrected chi connectivity index (χ4v) is 14.5. The number of unbranched alkanes of at least 4 members (excludes halogenated alkanes) is 6. The van der Waals surface area contributed by atoms with E-state index < -0.39 is 95.9 Å². The van der Waals surface area contributed by atoms with Crippen LogP contribution >= 0.6 is 38.5 Å². The molecule has 2 aliphatic rings. The number of carbonyl (C=O) groups is 18. The molecule has 0 radical (unpaired) electrons. The van der Waals surface area contributed by atoms with Crippen molar-refractivity contribution in [2.45, 2.75) is 180 Å². The van der Waals surface area contributed by atoms with Crippen molar-refractivity contribution in [1.29, 1.82) is 0 Å². The Morgan fingerprint density at radius 2 is 0.594 bits per heavy atom. The van der Waals surface area contributed by atoms with Gasteiger partial charge in [0.2, 0.25) is 11.8 Å². The van der Waals surface area contributed by atoms with Crippen LogP contribution in [0.2, 0.25) is 0 Å². The molecule has 0 bridgehead atoms. The number of aromatic nitrogens is 1. The van der Waals surface area contributed by atoms with Gasteiger partial charge in [-0.25, -0.2) is 33.8 Å². The molecule has 43 nitrogen and oxygen atoms in total. The van der Waals surface area contributed by atoms with E-state index in [2.05, 4.69) is 64.8 Å². The number of nitrogens with one attached hydrogen (secondary N) is 4. The minimum atomic E-state index is -1.38. The van der Waals surface area contributed by atoms with E-state index in [-0.39, 0.29) is 217 Å². The van der Waals surface area contributed by atoms with Gasteiger partial charge in [-0.05, 0) is 159 Å². The van der Waals surface area contributed by atoms with Crippen molar-refractivity contribution in [3.05, 3.63) is 61.9 Å². The second-order valence-electron chi connectivity index (χ2n) is 31.8. The summed E-state index contributed by atoms with van der Waals surface area (Å²) in [6.45, 7) is 6.88. The number of amides is 6. The largest absolute Gasteiger partial charge is 0.480 e. The molecule has 2 aliphatic heterocycles. The number of benzene rings is 1. The van der Waals surface area contributed by atoms with E-state index in [4.69, 9.17) is 0 Å². The molecule has 1 aromatic carbocycles. The van der Waals surface area contributed by atoms with Gasteiger partial charge in [0, 0.05) is 179 Å². The number of halogens is 2. The highest BCUT2D eigenvalue weighted by atomic mass is 127. The Balaban J connectivity index is 0.000000660. The summed E-state index contributed by atoms with van der Waals surface area (Å²) in [4.78, 5) is 238. The topological polar surface area (TPSA) is 603 Å². The molecule has 14 N–H and O–H groups in total. The zero-order chi connectivity index (χ0) is 95.2. The molecule has 2 saturated heterocycles. The minimum absolute atomic E-state index is 0.00418. The summed E-state index contributed by atoms with van der Waals surface area (Å²) >= 11 is 5.48. The second-order valence-corrected chi connectivity index (χ2v) is 33.8. The van der Waals surface area contributed by atoms with E-state index in [0.29, 0.717) is 134 Å². The lowest BCUT2D eigenvalue weighted by Gasteiger charge is -2.32. The molecular weight excluding hydrogens is 1860 g/mol. The maximum Gasteiger partial charge on any atom is 0.326 e. The van der Waals surface area contributed by atoms with Crippen LogP contribution in [-0.2, 0) is 89.8 Å². The molecule has 0 saturated carbocycles. The Kier molecular flexibility index (Phi) is 55.4. The van der Waals surface area contributed by atoms with Crippen molar-refractivity contribution in [1.82, 2.24) is 75.3 Å². The van der Waals surface area contributed by atoms with Crippen LogP contribution in [0.3, 0.4) is 0 Å². The van der Waals surface area contributed by atoms with Crippen molar-refractivity contribution < 1.29 is 137 Å².